The van der Waals surface area contributed by atoms with E-state index in [1.54, 1.807) is 12.1 Å². The third-order valence-electron chi connectivity index (χ3n) is 7.75. The molecule has 1 spiro atoms. The molecule has 0 N–H and O–H groups in total. The fourth-order valence-corrected chi connectivity index (χ4v) is 6.15. The molecule has 3 aliphatic rings. The predicted molar refractivity (Wildman–Crippen MR) is 120 cm³/mol. The van der Waals surface area contributed by atoms with Gasteiger partial charge in [-0.15, -0.1) is 0 Å². The second-order valence-corrected chi connectivity index (χ2v) is 10.9. The number of halogens is 2. The fourth-order valence-electron chi connectivity index (χ4n) is 5.85. The normalized spacial score (nSPS) is 27.0. The van der Waals surface area contributed by atoms with Gasteiger partial charge in [0.2, 0.25) is 11.8 Å². The van der Waals surface area contributed by atoms with Crippen molar-refractivity contribution in [1.29, 1.82) is 0 Å². The van der Waals surface area contributed by atoms with Crippen molar-refractivity contribution in [3.05, 3.63) is 47.3 Å². The van der Waals surface area contributed by atoms with Gasteiger partial charge in [0, 0.05) is 54.0 Å². The maximum Gasteiger partial charge on any atom is 0.245 e. The third-order valence-corrected chi connectivity index (χ3v) is 8.08. The SMILES string of the molecule is C=CC(=O)N1CC2(CCN(C(=O)[C@H]3CCC(C)(C)C[C@@H]3c3c(F)cccc3Cl)CC2)C1. The Hall–Kier alpha value is -1.88. The maximum absolute atomic E-state index is 14.8. The molecular formula is C25H32ClFN2O2. The van der Waals surface area contributed by atoms with Crippen molar-refractivity contribution >= 4 is 23.4 Å². The Morgan fingerprint density at radius 3 is 2.45 bits per heavy atom. The van der Waals surface area contributed by atoms with E-state index in [1.807, 2.05) is 9.80 Å². The Morgan fingerprint density at radius 2 is 1.84 bits per heavy atom. The van der Waals surface area contributed by atoms with Gasteiger partial charge in [0.05, 0.1) is 0 Å². The van der Waals surface area contributed by atoms with Crippen molar-refractivity contribution in [2.75, 3.05) is 26.2 Å². The van der Waals surface area contributed by atoms with Crippen LogP contribution in [0.3, 0.4) is 0 Å². The van der Waals surface area contributed by atoms with Gasteiger partial charge >= 0.3 is 0 Å². The number of benzene rings is 1. The molecule has 2 atom stereocenters. The predicted octanol–water partition coefficient (Wildman–Crippen LogP) is 5.03. The summed E-state index contributed by atoms with van der Waals surface area (Å²) in [5, 5.41) is 0.416. The number of carbonyl (C=O) groups excluding carboxylic acids is 2. The monoisotopic (exact) mass is 446 g/mol. The van der Waals surface area contributed by atoms with E-state index >= 15 is 0 Å². The smallest absolute Gasteiger partial charge is 0.245 e. The number of amides is 2. The average Bonchev–Trinajstić information content (AvgIpc) is 2.70. The summed E-state index contributed by atoms with van der Waals surface area (Å²) in [5.74, 6) is -0.638. The van der Waals surface area contributed by atoms with Gasteiger partial charge in [-0.3, -0.25) is 9.59 Å². The molecular weight excluding hydrogens is 415 g/mol. The molecule has 0 bridgehead atoms. The van der Waals surface area contributed by atoms with E-state index < -0.39 is 0 Å². The Kier molecular flexibility index (Phi) is 5.93. The molecule has 168 valence electrons. The molecule has 2 heterocycles. The topological polar surface area (TPSA) is 40.6 Å². The first kappa shape index (κ1) is 22.3. The van der Waals surface area contributed by atoms with Crippen LogP contribution in [0.5, 0.6) is 0 Å². The van der Waals surface area contributed by atoms with Crippen LogP contribution in [-0.2, 0) is 9.59 Å². The van der Waals surface area contributed by atoms with Crippen LogP contribution >= 0.6 is 11.6 Å². The Labute approximate surface area is 189 Å². The fraction of sp³-hybridized carbons (Fsp3) is 0.600. The highest BCUT2D eigenvalue weighted by molar-refractivity contribution is 6.31. The van der Waals surface area contributed by atoms with Crippen molar-refractivity contribution in [1.82, 2.24) is 9.80 Å². The van der Waals surface area contributed by atoms with Gasteiger partial charge in [0.15, 0.2) is 0 Å². The van der Waals surface area contributed by atoms with E-state index in [2.05, 4.69) is 20.4 Å². The zero-order valence-electron chi connectivity index (χ0n) is 18.5. The number of carbonyl (C=O) groups is 2. The molecule has 3 fully saturated rings. The molecule has 2 amide bonds. The average molecular weight is 447 g/mol. The minimum atomic E-state index is -0.313. The lowest BCUT2D eigenvalue weighted by Crippen LogP contribution is -2.62. The van der Waals surface area contributed by atoms with Crippen LogP contribution in [0, 0.1) is 22.6 Å². The molecule has 2 aliphatic heterocycles. The highest BCUT2D eigenvalue weighted by Gasteiger charge is 2.48. The lowest BCUT2D eigenvalue weighted by atomic mass is 9.64. The zero-order chi connectivity index (χ0) is 22.4. The molecule has 1 aromatic rings. The van der Waals surface area contributed by atoms with Crippen LogP contribution in [-0.4, -0.2) is 47.8 Å². The summed E-state index contributed by atoms with van der Waals surface area (Å²) in [6.45, 7) is 10.8. The first-order valence-corrected chi connectivity index (χ1v) is 11.7. The van der Waals surface area contributed by atoms with E-state index in [0.29, 0.717) is 23.7 Å². The van der Waals surface area contributed by atoms with Gasteiger partial charge in [-0.25, -0.2) is 4.39 Å². The van der Waals surface area contributed by atoms with Crippen LogP contribution in [0.1, 0.15) is 57.4 Å². The van der Waals surface area contributed by atoms with Gasteiger partial charge in [0.1, 0.15) is 5.82 Å². The van der Waals surface area contributed by atoms with Gasteiger partial charge < -0.3 is 9.80 Å². The molecule has 1 aromatic carbocycles. The largest absolute Gasteiger partial charge is 0.342 e. The summed E-state index contributed by atoms with van der Waals surface area (Å²) >= 11 is 6.42. The zero-order valence-corrected chi connectivity index (χ0v) is 19.3. The van der Waals surface area contributed by atoms with Crippen LogP contribution in [0.15, 0.2) is 30.9 Å². The summed E-state index contributed by atoms with van der Waals surface area (Å²) < 4.78 is 14.8. The number of rotatable bonds is 3. The molecule has 1 aliphatic carbocycles. The molecule has 31 heavy (non-hydrogen) atoms. The number of piperidine rings is 1. The molecule has 0 aromatic heterocycles. The van der Waals surface area contributed by atoms with E-state index in [9.17, 15) is 14.0 Å². The first-order valence-electron chi connectivity index (χ1n) is 11.3. The standard InChI is InChI=1S/C25H32ClFN2O2/c1-4-21(30)29-15-25(16-29)10-12-28(13-11-25)23(31)17-8-9-24(2,3)14-18(17)22-19(26)6-5-7-20(22)27/h4-7,17-18H,1,8-16H2,2-3H3/t17-,18-/m0/s1. The summed E-state index contributed by atoms with van der Waals surface area (Å²) in [6.07, 6.45) is 5.63. The number of hydrogen-bond acceptors (Lipinski definition) is 2. The number of hydrogen-bond donors (Lipinski definition) is 0. The minimum Gasteiger partial charge on any atom is -0.342 e. The van der Waals surface area contributed by atoms with Gasteiger partial charge in [-0.1, -0.05) is 38.1 Å². The first-order chi connectivity index (χ1) is 14.6. The van der Waals surface area contributed by atoms with Gasteiger partial charge in [0.25, 0.3) is 0 Å². The summed E-state index contributed by atoms with van der Waals surface area (Å²) in [6, 6.07) is 4.79. The molecule has 2 saturated heterocycles. The summed E-state index contributed by atoms with van der Waals surface area (Å²) in [5.41, 5.74) is 0.686. The minimum absolute atomic E-state index is 0.0152. The van der Waals surface area contributed by atoms with Crippen molar-refractivity contribution in [3.8, 4) is 0 Å². The highest BCUT2D eigenvalue weighted by Crippen LogP contribution is 2.50. The highest BCUT2D eigenvalue weighted by atomic mass is 35.5. The van der Waals surface area contributed by atoms with Gasteiger partial charge in [-0.2, -0.15) is 0 Å². The van der Waals surface area contributed by atoms with Crippen LogP contribution in [0.25, 0.3) is 0 Å². The van der Waals surface area contributed by atoms with Crippen molar-refractivity contribution in [2.45, 2.75) is 51.9 Å². The lowest BCUT2D eigenvalue weighted by Gasteiger charge is -2.54. The Bertz CT molecular complexity index is 863. The number of nitrogens with zero attached hydrogens (tertiary/aromatic N) is 2. The quantitative estimate of drug-likeness (QED) is 0.611. The van der Waals surface area contributed by atoms with Crippen LogP contribution in [0.2, 0.25) is 5.02 Å². The van der Waals surface area contributed by atoms with Crippen molar-refractivity contribution in [3.63, 3.8) is 0 Å². The Morgan fingerprint density at radius 1 is 1.16 bits per heavy atom. The molecule has 4 nitrogen and oxygen atoms in total. The summed E-state index contributed by atoms with van der Waals surface area (Å²) in [4.78, 5) is 29.2. The van der Waals surface area contributed by atoms with Gasteiger partial charge in [-0.05, 0) is 55.7 Å². The van der Waals surface area contributed by atoms with Crippen molar-refractivity contribution < 1.29 is 14.0 Å². The Balaban J connectivity index is 1.47. The number of likely N-dealkylation sites (tertiary alicyclic amines) is 2. The summed E-state index contributed by atoms with van der Waals surface area (Å²) in [7, 11) is 0. The van der Waals surface area contributed by atoms with Crippen molar-refractivity contribution in [2.24, 2.45) is 16.7 Å². The van der Waals surface area contributed by atoms with Crippen LogP contribution < -0.4 is 0 Å². The lowest BCUT2D eigenvalue weighted by molar-refractivity contribution is -0.149. The van der Waals surface area contributed by atoms with E-state index in [4.69, 9.17) is 11.6 Å². The maximum atomic E-state index is 14.8. The second-order valence-electron chi connectivity index (χ2n) is 10.5. The van der Waals surface area contributed by atoms with E-state index in [1.165, 1.54) is 12.1 Å². The molecule has 1 saturated carbocycles. The molecule has 0 radical (unpaired) electrons. The molecule has 0 unspecified atom stereocenters. The molecule has 6 heteroatoms. The van der Waals surface area contributed by atoms with E-state index in [-0.39, 0.29) is 40.3 Å². The second kappa shape index (κ2) is 8.23. The molecule has 4 rings (SSSR count). The van der Waals surface area contributed by atoms with E-state index in [0.717, 1.165) is 45.2 Å². The third kappa shape index (κ3) is 4.26. The van der Waals surface area contributed by atoms with Crippen LogP contribution in [0.4, 0.5) is 4.39 Å².